The number of benzene rings is 1. The van der Waals surface area contributed by atoms with E-state index in [9.17, 15) is 0 Å². The molecule has 1 saturated heterocycles. The summed E-state index contributed by atoms with van der Waals surface area (Å²) in [7, 11) is 0. The molecule has 1 unspecified atom stereocenters. The molecule has 1 spiro atoms. The first kappa shape index (κ1) is 12.9. The summed E-state index contributed by atoms with van der Waals surface area (Å²) in [6.45, 7) is 6.60. The summed E-state index contributed by atoms with van der Waals surface area (Å²) >= 11 is 0. The molecule has 1 aromatic carbocycles. The predicted molar refractivity (Wildman–Crippen MR) is 73.2 cm³/mol. The largest absolute Gasteiger partial charge is 0.344 e. The molecule has 0 aromatic heterocycles. The zero-order chi connectivity index (χ0) is 13.3. The Labute approximate surface area is 114 Å². The van der Waals surface area contributed by atoms with Gasteiger partial charge < -0.3 is 4.74 Å². The first-order valence-corrected chi connectivity index (χ1v) is 6.89. The van der Waals surface area contributed by atoms with E-state index in [2.05, 4.69) is 6.58 Å². The first-order chi connectivity index (χ1) is 9.14. The summed E-state index contributed by atoms with van der Waals surface area (Å²) in [4.78, 5) is 11.3. The van der Waals surface area contributed by atoms with Crippen molar-refractivity contribution in [3.8, 4) is 0 Å². The number of hydrogen-bond donors (Lipinski definition) is 0. The van der Waals surface area contributed by atoms with Gasteiger partial charge in [0.1, 0.15) is 5.60 Å². The molecular formula is C16H20O3. The summed E-state index contributed by atoms with van der Waals surface area (Å²) in [5, 5.41) is 0. The molecule has 0 radical (unpaired) electrons. The quantitative estimate of drug-likeness (QED) is 0.759. The van der Waals surface area contributed by atoms with Gasteiger partial charge in [-0.25, -0.2) is 9.78 Å². The number of hydrogen-bond acceptors (Lipinski definition) is 3. The average molecular weight is 260 g/mol. The summed E-state index contributed by atoms with van der Waals surface area (Å²) in [6, 6.07) is 10.0. The predicted octanol–water partition coefficient (Wildman–Crippen LogP) is 3.71. The number of ether oxygens (including phenoxy) is 1. The van der Waals surface area contributed by atoms with Gasteiger partial charge in [-0.15, -0.1) is 0 Å². The van der Waals surface area contributed by atoms with Crippen LogP contribution in [0.4, 0.5) is 0 Å². The van der Waals surface area contributed by atoms with Crippen molar-refractivity contribution in [2.24, 2.45) is 0 Å². The molecule has 1 saturated carbocycles. The third kappa shape index (κ3) is 2.34. The maximum atomic E-state index is 5.98. The lowest BCUT2D eigenvalue weighted by molar-refractivity contribution is -0.496. The third-order valence-corrected chi connectivity index (χ3v) is 4.11. The van der Waals surface area contributed by atoms with Gasteiger partial charge in [0.15, 0.2) is 0 Å². The zero-order valence-corrected chi connectivity index (χ0v) is 11.4. The monoisotopic (exact) mass is 260 g/mol. The zero-order valence-electron chi connectivity index (χ0n) is 11.4. The second-order valence-electron chi connectivity index (χ2n) is 5.65. The fourth-order valence-corrected chi connectivity index (χ4v) is 2.71. The van der Waals surface area contributed by atoms with Crippen molar-refractivity contribution in [2.75, 3.05) is 6.61 Å². The highest BCUT2D eigenvalue weighted by atomic mass is 17.2. The van der Waals surface area contributed by atoms with Crippen LogP contribution in [0.1, 0.15) is 38.2 Å². The van der Waals surface area contributed by atoms with Crippen LogP contribution in [0.25, 0.3) is 5.57 Å². The van der Waals surface area contributed by atoms with Gasteiger partial charge in [0.2, 0.25) is 5.79 Å². The molecule has 3 rings (SSSR count). The fourth-order valence-electron chi connectivity index (χ4n) is 2.71. The van der Waals surface area contributed by atoms with Gasteiger partial charge >= 0.3 is 0 Å². The van der Waals surface area contributed by atoms with Gasteiger partial charge in [-0.1, -0.05) is 36.9 Å². The average Bonchev–Trinajstić information content (AvgIpc) is 2.92. The molecular weight excluding hydrogens is 240 g/mol. The molecule has 2 aliphatic rings. The van der Waals surface area contributed by atoms with E-state index >= 15 is 0 Å². The Balaban J connectivity index is 1.73. The Kier molecular flexibility index (Phi) is 3.21. The molecule has 0 amide bonds. The topological polar surface area (TPSA) is 27.7 Å². The Bertz CT molecular complexity index is 450. The lowest BCUT2D eigenvalue weighted by atomic mass is 9.91. The Morgan fingerprint density at radius 2 is 1.79 bits per heavy atom. The van der Waals surface area contributed by atoms with Gasteiger partial charge in [0, 0.05) is 12.8 Å². The van der Waals surface area contributed by atoms with Crippen molar-refractivity contribution < 1.29 is 14.5 Å². The van der Waals surface area contributed by atoms with Crippen LogP contribution in [0.2, 0.25) is 0 Å². The van der Waals surface area contributed by atoms with Crippen LogP contribution in [0.5, 0.6) is 0 Å². The summed E-state index contributed by atoms with van der Waals surface area (Å²) in [6.07, 6.45) is 4.11. The third-order valence-electron chi connectivity index (χ3n) is 4.11. The van der Waals surface area contributed by atoms with Gasteiger partial charge in [0.05, 0.1) is 6.61 Å². The Morgan fingerprint density at radius 3 is 2.37 bits per heavy atom. The van der Waals surface area contributed by atoms with Crippen molar-refractivity contribution in [1.29, 1.82) is 0 Å². The Hall–Kier alpha value is -1.16. The van der Waals surface area contributed by atoms with E-state index in [0.29, 0.717) is 6.61 Å². The van der Waals surface area contributed by atoms with E-state index in [4.69, 9.17) is 14.5 Å². The molecule has 0 bridgehead atoms. The van der Waals surface area contributed by atoms with E-state index in [1.54, 1.807) is 0 Å². The molecule has 102 valence electrons. The van der Waals surface area contributed by atoms with Crippen molar-refractivity contribution in [3.63, 3.8) is 0 Å². The van der Waals surface area contributed by atoms with Crippen molar-refractivity contribution in [3.05, 3.63) is 42.5 Å². The van der Waals surface area contributed by atoms with E-state index in [0.717, 1.165) is 36.8 Å². The van der Waals surface area contributed by atoms with Crippen LogP contribution in [-0.4, -0.2) is 18.0 Å². The maximum Gasteiger partial charge on any atom is 0.201 e. The fraction of sp³-hybridized carbons (Fsp3) is 0.500. The SMILES string of the molecule is C=C(c1ccccc1)C1(C)COC2(CCCC2)OO1. The van der Waals surface area contributed by atoms with E-state index < -0.39 is 11.4 Å². The van der Waals surface area contributed by atoms with Gasteiger partial charge in [-0.3, -0.25) is 0 Å². The highest BCUT2D eigenvalue weighted by Crippen LogP contribution is 2.42. The molecule has 2 fully saturated rings. The van der Waals surface area contributed by atoms with Crippen LogP contribution in [0, 0.1) is 0 Å². The summed E-state index contributed by atoms with van der Waals surface area (Å²) in [5.41, 5.74) is 1.33. The van der Waals surface area contributed by atoms with Crippen molar-refractivity contribution in [2.45, 2.75) is 44.0 Å². The molecule has 1 aliphatic heterocycles. The second-order valence-corrected chi connectivity index (χ2v) is 5.65. The van der Waals surface area contributed by atoms with Crippen LogP contribution < -0.4 is 0 Å². The smallest absolute Gasteiger partial charge is 0.201 e. The van der Waals surface area contributed by atoms with Crippen LogP contribution in [0.3, 0.4) is 0 Å². The Morgan fingerprint density at radius 1 is 1.11 bits per heavy atom. The molecule has 3 heteroatoms. The lowest BCUT2D eigenvalue weighted by Gasteiger charge is -2.42. The summed E-state index contributed by atoms with van der Waals surface area (Å²) in [5.74, 6) is -0.503. The maximum absolute atomic E-state index is 5.98. The van der Waals surface area contributed by atoms with Crippen molar-refractivity contribution >= 4 is 5.57 Å². The van der Waals surface area contributed by atoms with Crippen LogP contribution in [-0.2, 0) is 14.5 Å². The molecule has 1 aromatic rings. The van der Waals surface area contributed by atoms with Gasteiger partial charge in [-0.2, -0.15) is 0 Å². The van der Waals surface area contributed by atoms with Gasteiger partial charge in [0.25, 0.3) is 0 Å². The first-order valence-electron chi connectivity index (χ1n) is 6.89. The van der Waals surface area contributed by atoms with Crippen LogP contribution in [0.15, 0.2) is 36.9 Å². The van der Waals surface area contributed by atoms with Gasteiger partial charge in [-0.05, 0) is 30.9 Å². The molecule has 3 nitrogen and oxygen atoms in total. The van der Waals surface area contributed by atoms with Crippen molar-refractivity contribution in [1.82, 2.24) is 0 Å². The van der Waals surface area contributed by atoms with E-state index in [-0.39, 0.29) is 0 Å². The minimum Gasteiger partial charge on any atom is -0.344 e. The summed E-state index contributed by atoms with van der Waals surface area (Å²) < 4.78 is 5.98. The van der Waals surface area contributed by atoms with E-state index in [1.165, 1.54) is 0 Å². The van der Waals surface area contributed by atoms with E-state index in [1.807, 2.05) is 37.3 Å². The lowest BCUT2D eigenvalue weighted by Crippen LogP contribution is -2.49. The normalized spacial score (nSPS) is 29.5. The number of rotatable bonds is 2. The minimum absolute atomic E-state index is 0.487. The molecule has 0 N–H and O–H groups in total. The molecule has 1 aliphatic carbocycles. The molecule has 1 atom stereocenters. The molecule has 1 heterocycles. The highest BCUT2D eigenvalue weighted by molar-refractivity contribution is 5.69. The minimum atomic E-state index is -0.616. The molecule has 19 heavy (non-hydrogen) atoms. The van der Waals surface area contributed by atoms with Crippen LogP contribution >= 0.6 is 0 Å². The standard InChI is InChI=1S/C16H20O3/c1-13(14-8-4-3-5-9-14)15(2)12-17-16(19-18-15)10-6-7-11-16/h3-5,8-9H,1,6-7,10-12H2,2H3. The highest BCUT2D eigenvalue weighted by Gasteiger charge is 2.47. The second kappa shape index (κ2) is 4.75.